The van der Waals surface area contributed by atoms with Crippen molar-refractivity contribution in [2.75, 3.05) is 18.4 Å². The van der Waals surface area contributed by atoms with Crippen LogP contribution in [0.4, 0.5) is 10.8 Å². The number of hydrogen-bond donors (Lipinski definition) is 2. The van der Waals surface area contributed by atoms with E-state index in [0.29, 0.717) is 24.7 Å². The Bertz CT molecular complexity index is 628. The van der Waals surface area contributed by atoms with Crippen LogP contribution < -0.4 is 5.32 Å². The third-order valence-electron chi connectivity index (χ3n) is 3.14. The van der Waals surface area contributed by atoms with Crippen molar-refractivity contribution in [3.8, 4) is 0 Å². The van der Waals surface area contributed by atoms with Crippen molar-refractivity contribution in [2.24, 2.45) is 0 Å². The Balaban J connectivity index is 1.73. The lowest BCUT2D eigenvalue weighted by atomic mass is 10.3. The molecule has 2 heterocycles. The number of likely N-dealkylation sites (tertiary alicyclic amines) is 1. The van der Waals surface area contributed by atoms with Crippen molar-refractivity contribution in [3.63, 3.8) is 0 Å². The van der Waals surface area contributed by atoms with E-state index in [-0.39, 0.29) is 6.04 Å². The number of rotatable bonds is 2. The molecule has 3 rings (SSSR count). The van der Waals surface area contributed by atoms with Crippen LogP contribution in [0.15, 0.2) is 27.1 Å². The quantitative estimate of drug-likeness (QED) is 0.887. The number of carboxylic acid groups (broad SMARTS) is 1. The van der Waals surface area contributed by atoms with Crippen LogP contribution in [0.2, 0.25) is 0 Å². The molecule has 0 bridgehead atoms. The molecule has 1 aromatic heterocycles. The number of nitrogens with zero attached hydrogens (tertiary/aromatic N) is 2. The summed E-state index contributed by atoms with van der Waals surface area (Å²) in [6, 6.07) is 6.10. The molecule has 100 valence electrons. The van der Waals surface area contributed by atoms with Gasteiger partial charge in [-0.05, 0) is 24.6 Å². The molecule has 1 saturated heterocycles. The van der Waals surface area contributed by atoms with Crippen LogP contribution in [0.25, 0.3) is 11.1 Å². The molecule has 1 atom stereocenters. The third kappa shape index (κ3) is 2.51. The predicted octanol–water partition coefficient (Wildman–Crippen LogP) is 2.75. The Morgan fingerprint density at radius 2 is 2.42 bits per heavy atom. The fourth-order valence-electron chi connectivity index (χ4n) is 2.19. The monoisotopic (exact) mass is 325 g/mol. The Morgan fingerprint density at radius 3 is 3.16 bits per heavy atom. The molecule has 6 nitrogen and oxygen atoms in total. The van der Waals surface area contributed by atoms with E-state index < -0.39 is 6.09 Å². The van der Waals surface area contributed by atoms with E-state index in [2.05, 4.69) is 26.2 Å². The van der Waals surface area contributed by atoms with Gasteiger partial charge >= 0.3 is 6.09 Å². The topological polar surface area (TPSA) is 78.6 Å². The van der Waals surface area contributed by atoms with Gasteiger partial charge in [0.15, 0.2) is 5.58 Å². The smallest absolute Gasteiger partial charge is 0.407 e. The number of anilines is 1. The first-order valence-electron chi connectivity index (χ1n) is 5.92. The number of halogens is 1. The van der Waals surface area contributed by atoms with Crippen molar-refractivity contribution in [3.05, 3.63) is 22.7 Å². The van der Waals surface area contributed by atoms with Crippen molar-refractivity contribution < 1.29 is 14.3 Å². The highest BCUT2D eigenvalue weighted by atomic mass is 79.9. The van der Waals surface area contributed by atoms with Crippen molar-refractivity contribution in [2.45, 2.75) is 12.5 Å². The molecular weight excluding hydrogens is 314 g/mol. The van der Waals surface area contributed by atoms with E-state index in [9.17, 15) is 4.79 Å². The number of fused-ring (bicyclic) bond motifs is 1. The van der Waals surface area contributed by atoms with Crippen LogP contribution in [-0.4, -0.2) is 40.2 Å². The van der Waals surface area contributed by atoms with Gasteiger partial charge < -0.3 is 19.7 Å². The minimum absolute atomic E-state index is 0.0487. The summed E-state index contributed by atoms with van der Waals surface area (Å²) >= 11 is 3.37. The van der Waals surface area contributed by atoms with Gasteiger partial charge in [0.1, 0.15) is 5.52 Å². The maximum absolute atomic E-state index is 10.8. The Morgan fingerprint density at radius 1 is 1.58 bits per heavy atom. The number of hydrogen-bond acceptors (Lipinski definition) is 4. The van der Waals surface area contributed by atoms with E-state index in [1.165, 1.54) is 4.90 Å². The van der Waals surface area contributed by atoms with Crippen LogP contribution in [-0.2, 0) is 0 Å². The van der Waals surface area contributed by atoms with Crippen LogP contribution in [0.5, 0.6) is 0 Å². The fraction of sp³-hybridized carbons (Fsp3) is 0.333. The minimum Gasteiger partial charge on any atom is -0.465 e. The fourth-order valence-corrected chi connectivity index (χ4v) is 2.53. The van der Waals surface area contributed by atoms with Crippen molar-refractivity contribution >= 4 is 39.1 Å². The lowest BCUT2D eigenvalue weighted by Crippen LogP contribution is -2.30. The molecule has 1 aliphatic rings. The third-order valence-corrected chi connectivity index (χ3v) is 3.63. The molecule has 1 aliphatic heterocycles. The molecule has 2 N–H and O–H groups in total. The van der Waals surface area contributed by atoms with Gasteiger partial charge in [-0.15, -0.1) is 0 Å². The highest BCUT2D eigenvalue weighted by Gasteiger charge is 2.26. The molecule has 1 aromatic carbocycles. The normalized spacial score (nSPS) is 19.0. The molecule has 0 radical (unpaired) electrons. The standard InChI is InChI=1S/C12H12BrN3O3/c13-7-1-2-9-10(5-7)19-11(15-9)14-8-3-4-16(6-8)12(17)18/h1-2,5,8H,3-4,6H2,(H,14,15)(H,17,18). The molecule has 0 saturated carbocycles. The molecule has 1 unspecified atom stereocenters. The highest BCUT2D eigenvalue weighted by Crippen LogP contribution is 2.24. The molecular formula is C12H12BrN3O3. The zero-order chi connectivity index (χ0) is 13.4. The van der Waals surface area contributed by atoms with Gasteiger partial charge in [-0.25, -0.2) is 4.79 Å². The van der Waals surface area contributed by atoms with Crippen LogP contribution in [0, 0.1) is 0 Å². The minimum atomic E-state index is -0.884. The zero-order valence-electron chi connectivity index (χ0n) is 9.97. The first kappa shape index (κ1) is 12.3. The zero-order valence-corrected chi connectivity index (χ0v) is 11.6. The van der Waals surface area contributed by atoms with Gasteiger partial charge in [0.2, 0.25) is 0 Å². The number of oxazole rings is 1. The van der Waals surface area contributed by atoms with Gasteiger partial charge in [-0.2, -0.15) is 4.98 Å². The summed E-state index contributed by atoms with van der Waals surface area (Å²) in [5, 5.41) is 12.0. The summed E-state index contributed by atoms with van der Waals surface area (Å²) in [4.78, 5) is 16.5. The summed E-state index contributed by atoms with van der Waals surface area (Å²) in [6.45, 7) is 0.997. The lowest BCUT2D eigenvalue weighted by molar-refractivity contribution is 0.155. The second-order valence-electron chi connectivity index (χ2n) is 4.49. The maximum atomic E-state index is 10.8. The molecule has 1 amide bonds. The SMILES string of the molecule is O=C(O)N1CCC(Nc2nc3ccc(Br)cc3o2)C1. The van der Waals surface area contributed by atoms with E-state index in [1.807, 2.05) is 18.2 Å². The average molecular weight is 326 g/mol. The van der Waals surface area contributed by atoms with Crippen LogP contribution in [0.3, 0.4) is 0 Å². The molecule has 0 spiro atoms. The second kappa shape index (κ2) is 4.73. The number of carbonyl (C=O) groups is 1. The number of benzene rings is 1. The number of aromatic nitrogens is 1. The van der Waals surface area contributed by atoms with Crippen molar-refractivity contribution in [1.82, 2.24) is 9.88 Å². The van der Waals surface area contributed by atoms with Crippen LogP contribution >= 0.6 is 15.9 Å². The number of amides is 1. The molecule has 0 aliphatic carbocycles. The van der Waals surface area contributed by atoms with Crippen molar-refractivity contribution in [1.29, 1.82) is 0 Å². The number of nitrogens with one attached hydrogen (secondary N) is 1. The van der Waals surface area contributed by atoms with Gasteiger partial charge in [0, 0.05) is 23.6 Å². The Kier molecular flexibility index (Phi) is 3.06. The summed E-state index contributed by atoms with van der Waals surface area (Å²) < 4.78 is 6.52. The predicted molar refractivity (Wildman–Crippen MR) is 73.3 cm³/mol. The summed E-state index contributed by atoms with van der Waals surface area (Å²) in [6.07, 6.45) is -0.125. The van der Waals surface area contributed by atoms with Gasteiger partial charge in [-0.3, -0.25) is 0 Å². The summed E-state index contributed by atoms with van der Waals surface area (Å²) in [5.41, 5.74) is 1.48. The van der Waals surface area contributed by atoms with Gasteiger partial charge in [0.05, 0.1) is 0 Å². The first-order valence-corrected chi connectivity index (χ1v) is 6.71. The highest BCUT2D eigenvalue weighted by molar-refractivity contribution is 9.10. The van der Waals surface area contributed by atoms with E-state index in [4.69, 9.17) is 9.52 Å². The molecule has 1 fully saturated rings. The van der Waals surface area contributed by atoms with E-state index >= 15 is 0 Å². The van der Waals surface area contributed by atoms with Gasteiger partial charge in [-0.1, -0.05) is 15.9 Å². The molecule has 2 aromatic rings. The van der Waals surface area contributed by atoms with E-state index in [1.54, 1.807) is 0 Å². The maximum Gasteiger partial charge on any atom is 0.407 e. The first-order chi connectivity index (χ1) is 9.11. The molecule has 7 heteroatoms. The lowest BCUT2D eigenvalue weighted by Gasteiger charge is -2.12. The Hall–Kier alpha value is -1.76. The van der Waals surface area contributed by atoms with Gasteiger partial charge in [0.25, 0.3) is 6.01 Å². The summed E-state index contributed by atoms with van der Waals surface area (Å²) in [5.74, 6) is 0. The Labute approximate surface area is 117 Å². The summed E-state index contributed by atoms with van der Waals surface area (Å²) in [7, 11) is 0. The largest absolute Gasteiger partial charge is 0.465 e. The molecule has 19 heavy (non-hydrogen) atoms. The average Bonchev–Trinajstić information content (AvgIpc) is 2.95. The second-order valence-corrected chi connectivity index (χ2v) is 5.41. The van der Waals surface area contributed by atoms with E-state index in [0.717, 1.165) is 16.4 Å². The van der Waals surface area contributed by atoms with Crippen LogP contribution in [0.1, 0.15) is 6.42 Å².